The van der Waals surface area contributed by atoms with Crippen LogP contribution in [0.4, 0.5) is 10.1 Å². The molecular weight excluding hydrogens is 373 g/mol. The Kier molecular flexibility index (Phi) is 5.80. The lowest BCUT2D eigenvalue weighted by molar-refractivity contribution is -0.122. The van der Waals surface area contributed by atoms with Crippen molar-refractivity contribution >= 4 is 39.1 Å². The first kappa shape index (κ1) is 16.8. The van der Waals surface area contributed by atoms with Crippen LogP contribution in [0.15, 0.2) is 46.9 Å². The van der Waals surface area contributed by atoms with Gasteiger partial charge in [-0.2, -0.15) is 0 Å². The second kappa shape index (κ2) is 7.61. The summed E-state index contributed by atoms with van der Waals surface area (Å²) in [4.78, 5) is 12.2. The molecule has 0 fully saturated rings. The Labute approximate surface area is 141 Å². The number of carbonyl (C=O) groups is 1. The van der Waals surface area contributed by atoms with E-state index in [4.69, 9.17) is 16.3 Å². The zero-order valence-corrected chi connectivity index (χ0v) is 14.1. The van der Waals surface area contributed by atoms with Gasteiger partial charge in [0.1, 0.15) is 11.6 Å². The molecule has 0 saturated carbocycles. The van der Waals surface area contributed by atoms with Gasteiger partial charge in [-0.1, -0.05) is 46.6 Å². The highest BCUT2D eigenvalue weighted by Gasteiger charge is 2.20. The van der Waals surface area contributed by atoms with Gasteiger partial charge in [-0.15, -0.1) is 0 Å². The van der Waals surface area contributed by atoms with Crippen molar-refractivity contribution in [3.05, 3.63) is 57.8 Å². The molecule has 1 amide bonds. The lowest BCUT2D eigenvalue weighted by Crippen LogP contribution is -2.32. The summed E-state index contributed by atoms with van der Waals surface area (Å²) in [6.07, 6.45) is -0.335. The number of carbonyl (C=O) groups excluding carboxylic acids is 1. The molecule has 0 bridgehead atoms. The summed E-state index contributed by atoms with van der Waals surface area (Å²) < 4.78 is 20.0. The number of hydrogen-bond donors (Lipinski definition) is 1. The van der Waals surface area contributed by atoms with Crippen molar-refractivity contribution in [1.82, 2.24) is 0 Å². The Morgan fingerprint density at radius 3 is 2.73 bits per heavy atom. The number of rotatable bonds is 5. The highest BCUT2D eigenvalue weighted by molar-refractivity contribution is 9.10. The predicted octanol–water partition coefficient (Wildman–Crippen LogP) is 5.04. The van der Waals surface area contributed by atoms with E-state index in [1.165, 1.54) is 12.1 Å². The molecular formula is C16H14BrClFNO2. The largest absolute Gasteiger partial charge is 0.479 e. The normalized spacial score (nSPS) is 11.8. The van der Waals surface area contributed by atoms with Gasteiger partial charge < -0.3 is 10.1 Å². The molecule has 0 spiro atoms. The van der Waals surface area contributed by atoms with Gasteiger partial charge in [0, 0.05) is 4.47 Å². The Morgan fingerprint density at radius 2 is 2.09 bits per heavy atom. The molecule has 2 aromatic carbocycles. The van der Waals surface area contributed by atoms with Crippen molar-refractivity contribution in [3.63, 3.8) is 0 Å². The molecule has 0 aliphatic heterocycles. The van der Waals surface area contributed by atoms with Crippen molar-refractivity contribution in [1.29, 1.82) is 0 Å². The molecule has 1 atom stereocenters. The van der Waals surface area contributed by atoms with E-state index in [-0.39, 0.29) is 5.69 Å². The minimum atomic E-state index is -0.761. The maximum atomic E-state index is 13.8. The van der Waals surface area contributed by atoms with Gasteiger partial charge in [-0.3, -0.25) is 4.79 Å². The molecule has 0 aromatic heterocycles. The molecule has 0 heterocycles. The molecule has 0 unspecified atom stereocenters. The lowest BCUT2D eigenvalue weighted by atomic mass is 10.2. The van der Waals surface area contributed by atoms with Crippen LogP contribution in [-0.2, 0) is 4.79 Å². The van der Waals surface area contributed by atoms with Crippen LogP contribution in [0.2, 0.25) is 5.02 Å². The first-order chi connectivity index (χ1) is 10.5. The summed E-state index contributed by atoms with van der Waals surface area (Å²) in [6, 6.07) is 11.3. The summed E-state index contributed by atoms with van der Waals surface area (Å²) >= 11 is 9.18. The maximum Gasteiger partial charge on any atom is 0.265 e. The van der Waals surface area contributed by atoms with E-state index in [0.29, 0.717) is 21.7 Å². The predicted molar refractivity (Wildman–Crippen MR) is 88.9 cm³/mol. The average Bonchev–Trinajstić information content (AvgIpc) is 2.49. The molecule has 0 aliphatic carbocycles. The van der Waals surface area contributed by atoms with Crippen LogP contribution < -0.4 is 10.1 Å². The van der Waals surface area contributed by atoms with Gasteiger partial charge in [0.25, 0.3) is 5.91 Å². The molecule has 2 aromatic rings. The summed E-state index contributed by atoms with van der Waals surface area (Å²) in [5.74, 6) is -0.526. The average molecular weight is 387 g/mol. The Bertz CT molecular complexity index is 681. The van der Waals surface area contributed by atoms with Crippen molar-refractivity contribution in [2.24, 2.45) is 0 Å². The second-order valence-corrected chi connectivity index (χ2v) is 5.88. The third kappa shape index (κ3) is 4.21. The Morgan fingerprint density at radius 1 is 1.36 bits per heavy atom. The van der Waals surface area contributed by atoms with Gasteiger partial charge in [-0.05, 0) is 36.8 Å². The van der Waals surface area contributed by atoms with Crippen molar-refractivity contribution < 1.29 is 13.9 Å². The second-order valence-electron chi connectivity index (χ2n) is 4.56. The van der Waals surface area contributed by atoms with E-state index in [2.05, 4.69) is 21.2 Å². The van der Waals surface area contributed by atoms with E-state index in [1.54, 1.807) is 37.3 Å². The first-order valence-electron chi connectivity index (χ1n) is 6.68. The number of anilines is 1. The number of para-hydroxylation sites is 1. The number of nitrogens with one attached hydrogen (secondary N) is 1. The standard InChI is InChI=1S/C16H14BrClFNO2/c1-2-14(22-15-6-4-3-5-11(15)18)16(21)20-13-8-7-10(17)9-12(13)19/h3-9,14H,2H2,1H3,(H,20,21)/t14-/m1/s1. The fourth-order valence-corrected chi connectivity index (χ4v) is 2.33. The van der Waals surface area contributed by atoms with E-state index in [1.807, 2.05) is 0 Å². The van der Waals surface area contributed by atoms with Gasteiger partial charge >= 0.3 is 0 Å². The number of amides is 1. The van der Waals surface area contributed by atoms with Gasteiger partial charge in [0.05, 0.1) is 10.7 Å². The monoisotopic (exact) mass is 385 g/mol. The fourth-order valence-electron chi connectivity index (χ4n) is 1.82. The highest BCUT2D eigenvalue weighted by atomic mass is 79.9. The minimum Gasteiger partial charge on any atom is -0.479 e. The Balaban J connectivity index is 2.10. The zero-order chi connectivity index (χ0) is 16.1. The van der Waals surface area contributed by atoms with Gasteiger partial charge in [-0.25, -0.2) is 4.39 Å². The maximum absolute atomic E-state index is 13.8. The van der Waals surface area contributed by atoms with E-state index in [9.17, 15) is 9.18 Å². The first-order valence-corrected chi connectivity index (χ1v) is 7.85. The molecule has 0 saturated heterocycles. The number of hydrogen-bond acceptors (Lipinski definition) is 2. The van der Waals surface area contributed by atoms with Gasteiger partial charge in [0.2, 0.25) is 0 Å². The van der Waals surface area contributed by atoms with Crippen molar-refractivity contribution in [3.8, 4) is 5.75 Å². The molecule has 0 radical (unpaired) electrons. The minimum absolute atomic E-state index is 0.106. The molecule has 22 heavy (non-hydrogen) atoms. The smallest absolute Gasteiger partial charge is 0.265 e. The summed E-state index contributed by atoms with van der Waals surface area (Å²) in [6.45, 7) is 1.80. The number of halogens is 3. The molecule has 6 heteroatoms. The molecule has 3 nitrogen and oxygen atoms in total. The summed E-state index contributed by atoms with van der Waals surface area (Å²) in [5.41, 5.74) is 0.106. The summed E-state index contributed by atoms with van der Waals surface area (Å²) in [5, 5.41) is 2.95. The van der Waals surface area contributed by atoms with Crippen LogP contribution in [0.5, 0.6) is 5.75 Å². The fraction of sp³-hybridized carbons (Fsp3) is 0.188. The van der Waals surface area contributed by atoms with Crippen molar-refractivity contribution in [2.45, 2.75) is 19.4 Å². The van der Waals surface area contributed by atoms with Crippen molar-refractivity contribution in [2.75, 3.05) is 5.32 Å². The summed E-state index contributed by atoms with van der Waals surface area (Å²) in [7, 11) is 0. The van der Waals surface area contributed by atoms with Crippen LogP contribution in [0.1, 0.15) is 13.3 Å². The van der Waals surface area contributed by atoms with Crippen LogP contribution >= 0.6 is 27.5 Å². The topological polar surface area (TPSA) is 38.3 Å². The van der Waals surface area contributed by atoms with Crippen LogP contribution in [0.3, 0.4) is 0 Å². The lowest BCUT2D eigenvalue weighted by Gasteiger charge is -2.18. The van der Waals surface area contributed by atoms with E-state index >= 15 is 0 Å². The number of benzene rings is 2. The zero-order valence-electron chi connectivity index (χ0n) is 11.8. The molecule has 116 valence electrons. The molecule has 2 rings (SSSR count). The number of ether oxygens (including phenoxy) is 1. The molecule has 0 aliphatic rings. The highest BCUT2D eigenvalue weighted by Crippen LogP contribution is 2.25. The third-order valence-corrected chi connectivity index (χ3v) is 3.76. The van der Waals surface area contributed by atoms with E-state index < -0.39 is 17.8 Å². The molecule has 1 N–H and O–H groups in total. The van der Waals surface area contributed by atoms with Crippen LogP contribution in [0.25, 0.3) is 0 Å². The Hall–Kier alpha value is -1.59. The van der Waals surface area contributed by atoms with Crippen LogP contribution in [-0.4, -0.2) is 12.0 Å². The van der Waals surface area contributed by atoms with Crippen LogP contribution in [0, 0.1) is 5.82 Å². The van der Waals surface area contributed by atoms with E-state index in [0.717, 1.165) is 0 Å². The van der Waals surface area contributed by atoms with Gasteiger partial charge in [0.15, 0.2) is 6.10 Å². The quantitative estimate of drug-likeness (QED) is 0.782. The SMILES string of the molecule is CC[C@@H](Oc1ccccc1Cl)C(=O)Nc1ccc(Br)cc1F. The third-order valence-electron chi connectivity index (χ3n) is 2.96.